The first-order valence-electron chi connectivity index (χ1n) is 5.99. The van der Waals surface area contributed by atoms with Crippen molar-refractivity contribution in [3.05, 3.63) is 63.6 Å². The average molecular weight is 323 g/mol. The van der Waals surface area contributed by atoms with Gasteiger partial charge in [0.05, 0.1) is 5.69 Å². The molecule has 1 fully saturated rings. The smallest absolute Gasteiger partial charge is 0.0526 e. The third kappa shape index (κ3) is 2.27. The van der Waals surface area contributed by atoms with E-state index in [0.717, 1.165) is 22.6 Å². The minimum absolute atomic E-state index is 0.636. The van der Waals surface area contributed by atoms with E-state index in [9.17, 15) is 0 Å². The molecule has 0 amide bonds. The molecular weight excluding hydrogens is 310 g/mol. The van der Waals surface area contributed by atoms with E-state index in [2.05, 4.69) is 51.2 Å². The van der Waals surface area contributed by atoms with Crippen LogP contribution in [0.2, 0.25) is 5.02 Å². The van der Waals surface area contributed by atoms with Crippen LogP contribution in [0.1, 0.15) is 11.5 Å². The number of benzene rings is 2. The molecular formula is C15H13BrClN. The maximum atomic E-state index is 6.05. The van der Waals surface area contributed by atoms with Crippen LogP contribution in [0.25, 0.3) is 0 Å². The Balaban J connectivity index is 1.74. The van der Waals surface area contributed by atoms with Gasteiger partial charge >= 0.3 is 0 Å². The van der Waals surface area contributed by atoms with Gasteiger partial charge in [0.15, 0.2) is 0 Å². The van der Waals surface area contributed by atoms with Gasteiger partial charge in [0.2, 0.25) is 0 Å². The van der Waals surface area contributed by atoms with E-state index in [0.29, 0.717) is 5.92 Å². The molecule has 0 spiro atoms. The van der Waals surface area contributed by atoms with Crippen molar-refractivity contribution in [2.45, 2.75) is 5.92 Å². The second-order valence-electron chi connectivity index (χ2n) is 4.61. The molecule has 1 aliphatic heterocycles. The Hall–Kier alpha value is -0.990. The second kappa shape index (κ2) is 4.94. The van der Waals surface area contributed by atoms with Crippen LogP contribution >= 0.6 is 27.5 Å². The number of hydrogen-bond acceptors (Lipinski definition) is 1. The van der Waals surface area contributed by atoms with Crippen molar-refractivity contribution in [2.75, 3.05) is 18.0 Å². The third-order valence-electron chi connectivity index (χ3n) is 3.40. The summed E-state index contributed by atoms with van der Waals surface area (Å²) in [6.07, 6.45) is 0. The Kier molecular flexibility index (Phi) is 3.31. The molecule has 18 heavy (non-hydrogen) atoms. The van der Waals surface area contributed by atoms with Crippen molar-refractivity contribution in [2.24, 2.45) is 0 Å². The Labute approximate surface area is 121 Å². The van der Waals surface area contributed by atoms with Crippen molar-refractivity contribution in [1.29, 1.82) is 0 Å². The summed E-state index contributed by atoms with van der Waals surface area (Å²) in [5.74, 6) is 0.636. The second-order valence-corrected chi connectivity index (χ2v) is 5.90. The molecule has 1 saturated heterocycles. The lowest BCUT2D eigenvalue weighted by molar-refractivity contribution is 0.524. The van der Waals surface area contributed by atoms with Crippen molar-refractivity contribution in [1.82, 2.24) is 0 Å². The van der Waals surface area contributed by atoms with E-state index >= 15 is 0 Å². The molecule has 1 aliphatic rings. The highest BCUT2D eigenvalue weighted by Crippen LogP contribution is 2.36. The molecule has 0 aliphatic carbocycles. The molecule has 0 unspecified atom stereocenters. The quantitative estimate of drug-likeness (QED) is 0.774. The SMILES string of the molecule is Clc1ccc(Br)c(N2CC(c3ccccc3)C2)c1. The first-order chi connectivity index (χ1) is 8.74. The van der Waals surface area contributed by atoms with Gasteiger partial charge in [-0.15, -0.1) is 0 Å². The van der Waals surface area contributed by atoms with Crippen LogP contribution < -0.4 is 4.90 Å². The highest BCUT2D eigenvalue weighted by Gasteiger charge is 2.29. The molecule has 1 heterocycles. The molecule has 0 atom stereocenters. The lowest BCUT2D eigenvalue weighted by Crippen LogP contribution is -2.45. The third-order valence-corrected chi connectivity index (χ3v) is 4.31. The molecule has 2 aromatic carbocycles. The van der Waals surface area contributed by atoms with Gasteiger partial charge in [-0.3, -0.25) is 0 Å². The van der Waals surface area contributed by atoms with Crippen molar-refractivity contribution >= 4 is 33.2 Å². The summed E-state index contributed by atoms with van der Waals surface area (Å²) in [5.41, 5.74) is 2.61. The van der Waals surface area contributed by atoms with Gasteiger partial charge in [0.25, 0.3) is 0 Å². The maximum Gasteiger partial charge on any atom is 0.0526 e. The molecule has 3 heteroatoms. The van der Waals surface area contributed by atoms with Gasteiger partial charge in [-0.05, 0) is 39.7 Å². The largest absolute Gasteiger partial charge is 0.369 e. The molecule has 0 radical (unpaired) electrons. The summed E-state index contributed by atoms with van der Waals surface area (Å²) in [6.45, 7) is 2.12. The minimum atomic E-state index is 0.636. The van der Waals surface area contributed by atoms with Gasteiger partial charge < -0.3 is 4.90 Å². The van der Waals surface area contributed by atoms with Crippen LogP contribution in [-0.4, -0.2) is 13.1 Å². The van der Waals surface area contributed by atoms with E-state index in [1.807, 2.05) is 18.2 Å². The van der Waals surface area contributed by atoms with Crippen LogP contribution in [0.4, 0.5) is 5.69 Å². The normalized spacial score (nSPS) is 15.6. The van der Waals surface area contributed by atoms with Gasteiger partial charge in [-0.1, -0.05) is 41.9 Å². The fraction of sp³-hybridized carbons (Fsp3) is 0.200. The zero-order valence-corrected chi connectivity index (χ0v) is 12.2. The molecule has 0 saturated carbocycles. The van der Waals surface area contributed by atoms with Crippen LogP contribution in [0.5, 0.6) is 0 Å². The summed E-state index contributed by atoms with van der Waals surface area (Å²) in [4.78, 5) is 2.35. The maximum absolute atomic E-state index is 6.05. The van der Waals surface area contributed by atoms with E-state index in [4.69, 9.17) is 11.6 Å². The molecule has 0 aromatic heterocycles. The number of halogens is 2. The summed E-state index contributed by atoms with van der Waals surface area (Å²) < 4.78 is 1.11. The lowest BCUT2D eigenvalue weighted by atomic mass is 9.91. The van der Waals surface area contributed by atoms with E-state index < -0.39 is 0 Å². The Morgan fingerprint density at radius 2 is 1.78 bits per heavy atom. The molecule has 3 rings (SSSR count). The average Bonchev–Trinajstić information content (AvgIpc) is 2.33. The van der Waals surface area contributed by atoms with Gasteiger partial charge in [0, 0.05) is 28.5 Å². The van der Waals surface area contributed by atoms with E-state index in [1.165, 1.54) is 11.3 Å². The van der Waals surface area contributed by atoms with E-state index in [-0.39, 0.29) is 0 Å². The molecule has 0 N–H and O–H groups in total. The van der Waals surface area contributed by atoms with Crippen LogP contribution in [-0.2, 0) is 0 Å². The van der Waals surface area contributed by atoms with Crippen LogP contribution in [0, 0.1) is 0 Å². The molecule has 2 aromatic rings. The summed E-state index contributed by atoms with van der Waals surface area (Å²) in [7, 11) is 0. The van der Waals surface area contributed by atoms with Crippen molar-refractivity contribution < 1.29 is 0 Å². The lowest BCUT2D eigenvalue weighted by Gasteiger charge is -2.42. The summed E-state index contributed by atoms with van der Waals surface area (Å²) >= 11 is 9.63. The van der Waals surface area contributed by atoms with Crippen molar-refractivity contribution in [3.8, 4) is 0 Å². The highest BCUT2D eigenvalue weighted by molar-refractivity contribution is 9.10. The minimum Gasteiger partial charge on any atom is -0.369 e. The van der Waals surface area contributed by atoms with Gasteiger partial charge in [-0.2, -0.15) is 0 Å². The standard InChI is InChI=1S/C15H13BrClN/c16-14-7-6-13(17)8-15(14)18-9-12(10-18)11-4-2-1-3-5-11/h1-8,12H,9-10H2. The van der Waals surface area contributed by atoms with Crippen LogP contribution in [0.15, 0.2) is 53.0 Å². The molecule has 1 nitrogen and oxygen atoms in total. The zero-order chi connectivity index (χ0) is 12.5. The summed E-state index contributed by atoms with van der Waals surface area (Å²) in [5, 5.41) is 0.788. The topological polar surface area (TPSA) is 3.24 Å². The first kappa shape index (κ1) is 12.1. The first-order valence-corrected chi connectivity index (χ1v) is 7.16. The predicted octanol–water partition coefficient (Wildman–Crippen LogP) is 4.71. The number of nitrogens with zero attached hydrogens (tertiary/aromatic N) is 1. The fourth-order valence-electron chi connectivity index (χ4n) is 2.34. The summed E-state index contributed by atoms with van der Waals surface area (Å²) in [6, 6.07) is 16.6. The fourth-order valence-corrected chi connectivity index (χ4v) is 3.00. The Morgan fingerprint density at radius 3 is 2.50 bits per heavy atom. The zero-order valence-electron chi connectivity index (χ0n) is 9.81. The van der Waals surface area contributed by atoms with E-state index in [1.54, 1.807) is 0 Å². The molecule has 92 valence electrons. The predicted molar refractivity (Wildman–Crippen MR) is 80.5 cm³/mol. The Bertz CT molecular complexity index is 550. The number of rotatable bonds is 2. The monoisotopic (exact) mass is 321 g/mol. The van der Waals surface area contributed by atoms with Gasteiger partial charge in [-0.25, -0.2) is 0 Å². The molecule has 0 bridgehead atoms. The highest BCUT2D eigenvalue weighted by atomic mass is 79.9. The van der Waals surface area contributed by atoms with Crippen molar-refractivity contribution in [3.63, 3.8) is 0 Å². The van der Waals surface area contributed by atoms with Gasteiger partial charge in [0.1, 0.15) is 0 Å². The number of anilines is 1. The Morgan fingerprint density at radius 1 is 1.06 bits per heavy atom. The number of hydrogen-bond donors (Lipinski definition) is 0. The van der Waals surface area contributed by atoms with Crippen LogP contribution in [0.3, 0.4) is 0 Å².